The zero-order chi connectivity index (χ0) is 9.84. The SMILES string of the molecule is C=C(C)COc1ccc(Cl)c(Cl)c1. The molecule has 0 radical (unpaired) electrons. The van der Waals surface area contributed by atoms with Crippen molar-refractivity contribution in [3.8, 4) is 5.75 Å². The van der Waals surface area contributed by atoms with Crippen molar-refractivity contribution < 1.29 is 4.74 Å². The van der Waals surface area contributed by atoms with E-state index in [9.17, 15) is 0 Å². The average Bonchev–Trinajstić information content (AvgIpc) is 2.07. The lowest BCUT2D eigenvalue weighted by molar-refractivity contribution is 0.353. The van der Waals surface area contributed by atoms with Crippen LogP contribution >= 0.6 is 23.2 Å². The molecule has 1 rings (SSSR count). The van der Waals surface area contributed by atoms with Gasteiger partial charge in [0.15, 0.2) is 0 Å². The molecule has 0 spiro atoms. The molecule has 0 aliphatic rings. The molecule has 3 heteroatoms. The Balaban J connectivity index is 2.68. The molecule has 1 aromatic carbocycles. The monoisotopic (exact) mass is 216 g/mol. The van der Waals surface area contributed by atoms with Gasteiger partial charge in [0.25, 0.3) is 0 Å². The van der Waals surface area contributed by atoms with Crippen LogP contribution in [0.1, 0.15) is 6.92 Å². The number of benzene rings is 1. The van der Waals surface area contributed by atoms with Gasteiger partial charge < -0.3 is 4.74 Å². The Morgan fingerprint density at radius 2 is 2.08 bits per heavy atom. The summed E-state index contributed by atoms with van der Waals surface area (Å²) in [6.45, 7) is 6.12. The molecule has 0 saturated carbocycles. The maximum Gasteiger partial charge on any atom is 0.121 e. The van der Waals surface area contributed by atoms with Gasteiger partial charge >= 0.3 is 0 Å². The maximum absolute atomic E-state index is 5.79. The molecule has 0 atom stereocenters. The standard InChI is InChI=1S/C10H10Cl2O/c1-7(2)6-13-8-3-4-9(11)10(12)5-8/h3-5H,1,6H2,2H3. The lowest BCUT2D eigenvalue weighted by Gasteiger charge is -2.06. The topological polar surface area (TPSA) is 9.23 Å². The molecule has 0 N–H and O–H groups in total. The Labute approximate surface area is 87.9 Å². The molecule has 0 aliphatic carbocycles. The minimum atomic E-state index is 0.498. The molecule has 0 amide bonds. The van der Waals surface area contributed by atoms with Crippen LogP contribution in [0.5, 0.6) is 5.75 Å². The third kappa shape index (κ3) is 3.29. The van der Waals surface area contributed by atoms with Crippen LogP contribution in [-0.4, -0.2) is 6.61 Å². The number of rotatable bonds is 3. The highest BCUT2D eigenvalue weighted by Gasteiger charge is 1.99. The number of hydrogen-bond acceptors (Lipinski definition) is 1. The number of hydrogen-bond donors (Lipinski definition) is 0. The molecular formula is C10H10Cl2O. The van der Waals surface area contributed by atoms with E-state index in [1.807, 2.05) is 6.92 Å². The van der Waals surface area contributed by atoms with E-state index in [2.05, 4.69) is 6.58 Å². The minimum Gasteiger partial charge on any atom is -0.489 e. The second-order valence-corrected chi connectivity index (χ2v) is 3.64. The number of ether oxygens (including phenoxy) is 1. The van der Waals surface area contributed by atoms with Gasteiger partial charge in [0.2, 0.25) is 0 Å². The van der Waals surface area contributed by atoms with Crippen LogP contribution in [0, 0.1) is 0 Å². The van der Waals surface area contributed by atoms with Crippen molar-refractivity contribution in [1.29, 1.82) is 0 Å². The summed E-state index contributed by atoms with van der Waals surface area (Å²) >= 11 is 11.5. The Morgan fingerprint density at radius 3 is 2.62 bits per heavy atom. The quantitative estimate of drug-likeness (QED) is 0.696. The molecule has 0 bridgehead atoms. The fraction of sp³-hybridized carbons (Fsp3) is 0.200. The van der Waals surface area contributed by atoms with E-state index in [-0.39, 0.29) is 0 Å². The largest absolute Gasteiger partial charge is 0.489 e. The van der Waals surface area contributed by atoms with Crippen molar-refractivity contribution in [1.82, 2.24) is 0 Å². The van der Waals surface area contributed by atoms with Crippen LogP contribution in [0.2, 0.25) is 10.0 Å². The van der Waals surface area contributed by atoms with Crippen LogP contribution in [-0.2, 0) is 0 Å². The molecule has 1 nitrogen and oxygen atoms in total. The van der Waals surface area contributed by atoms with Gasteiger partial charge in [0.1, 0.15) is 12.4 Å². The molecule has 0 unspecified atom stereocenters. The van der Waals surface area contributed by atoms with Crippen molar-refractivity contribution in [2.45, 2.75) is 6.92 Å². The molecule has 13 heavy (non-hydrogen) atoms. The summed E-state index contributed by atoms with van der Waals surface area (Å²) < 4.78 is 5.36. The predicted octanol–water partition coefficient (Wildman–Crippen LogP) is 3.95. The van der Waals surface area contributed by atoms with Crippen molar-refractivity contribution in [2.24, 2.45) is 0 Å². The molecule has 70 valence electrons. The van der Waals surface area contributed by atoms with E-state index in [0.717, 1.165) is 5.57 Å². The van der Waals surface area contributed by atoms with Crippen LogP contribution in [0.4, 0.5) is 0 Å². The molecule has 0 saturated heterocycles. The highest BCUT2D eigenvalue weighted by molar-refractivity contribution is 6.42. The lowest BCUT2D eigenvalue weighted by atomic mass is 10.3. The molecule has 0 heterocycles. The van der Waals surface area contributed by atoms with E-state index >= 15 is 0 Å². The summed E-state index contributed by atoms with van der Waals surface area (Å²) in [5.41, 5.74) is 0.964. The second kappa shape index (κ2) is 4.54. The molecule has 0 fully saturated rings. The summed E-state index contributed by atoms with van der Waals surface area (Å²) in [4.78, 5) is 0. The van der Waals surface area contributed by atoms with Crippen molar-refractivity contribution in [3.05, 3.63) is 40.4 Å². The van der Waals surface area contributed by atoms with Crippen LogP contribution in [0.15, 0.2) is 30.4 Å². The first-order valence-corrected chi connectivity index (χ1v) is 4.57. The molecule has 1 aromatic rings. The van der Waals surface area contributed by atoms with Crippen molar-refractivity contribution >= 4 is 23.2 Å². The number of halogens is 2. The molecular weight excluding hydrogens is 207 g/mol. The maximum atomic E-state index is 5.79. The van der Waals surface area contributed by atoms with Crippen LogP contribution in [0.3, 0.4) is 0 Å². The smallest absolute Gasteiger partial charge is 0.121 e. The summed E-state index contributed by atoms with van der Waals surface area (Å²) in [6, 6.07) is 5.17. The van der Waals surface area contributed by atoms with Gasteiger partial charge in [-0.05, 0) is 24.6 Å². The summed E-state index contributed by atoms with van der Waals surface area (Å²) in [6.07, 6.45) is 0. The van der Waals surface area contributed by atoms with Crippen molar-refractivity contribution in [3.63, 3.8) is 0 Å². The first-order chi connectivity index (χ1) is 6.09. The fourth-order valence-electron chi connectivity index (χ4n) is 0.773. The third-order valence-electron chi connectivity index (χ3n) is 1.38. The average molecular weight is 217 g/mol. The van der Waals surface area contributed by atoms with Gasteiger partial charge in [-0.25, -0.2) is 0 Å². The van der Waals surface area contributed by atoms with E-state index in [1.165, 1.54) is 0 Å². The second-order valence-electron chi connectivity index (χ2n) is 2.82. The summed E-state index contributed by atoms with van der Waals surface area (Å²) in [7, 11) is 0. The Bertz CT molecular complexity index is 321. The van der Waals surface area contributed by atoms with Crippen LogP contribution in [0.25, 0.3) is 0 Å². The fourth-order valence-corrected chi connectivity index (χ4v) is 1.06. The third-order valence-corrected chi connectivity index (χ3v) is 2.12. The first kappa shape index (κ1) is 10.4. The Morgan fingerprint density at radius 1 is 1.38 bits per heavy atom. The van der Waals surface area contributed by atoms with Gasteiger partial charge in [-0.3, -0.25) is 0 Å². The lowest BCUT2D eigenvalue weighted by Crippen LogP contribution is -1.97. The Kier molecular flexibility index (Phi) is 3.64. The predicted molar refractivity (Wildman–Crippen MR) is 56.8 cm³/mol. The zero-order valence-electron chi connectivity index (χ0n) is 7.31. The van der Waals surface area contributed by atoms with Gasteiger partial charge in [-0.2, -0.15) is 0 Å². The van der Waals surface area contributed by atoms with E-state index in [1.54, 1.807) is 18.2 Å². The van der Waals surface area contributed by atoms with E-state index in [0.29, 0.717) is 22.4 Å². The highest BCUT2D eigenvalue weighted by Crippen LogP contribution is 2.26. The molecule has 0 aliphatic heterocycles. The summed E-state index contributed by atoms with van der Waals surface area (Å²) in [5, 5.41) is 1.03. The van der Waals surface area contributed by atoms with Gasteiger partial charge in [-0.15, -0.1) is 0 Å². The van der Waals surface area contributed by atoms with Gasteiger partial charge in [-0.1, -0.05) is 29.8 Å². The van der Waals surface area contributed by atoms with E-state index < -0.39 is 0 Å². The van der Waals surface area contributed by atoms with Gasteiger partial charge in [0.05, 0.1) is 10.0 Å². The highest BCUT2D eigenvalue weighted by atomic mass is 35.5. The van der Waals surface area contributed by atoms with Gasteiger partial charge in [0, 0.05) is 6.07 Å². The van der Waals surface area contributed by atoms with Crippen LogP contribution < -0.4 is 4.74 Å². The molecule has 0 aromatic heterocycles. The van der Waals surface area contributed by atoms with Crippen molar-refractivity contribution in [2.75, 3.05) is 6.61 Å². The first-order valence-electron chi connectivity index (χ1n) is 3.82. The minimum absolute atomic E-state index is 0.498. The zero-order valence-corrected chi connectivity index (χ0v) is 8.82. The Hall–Kier alpha value is -0.660. The normalized spacial score (nSPS) is 9.77. The summed E-state index contributed by atoms with van der Waals surface area (Å²) in [5.74, 6) is 0.706. The van der Waals surface area contributed by atoms with E-state index in [4.69, 9.17) is 27.9 Å².